The molecular formula is C19H16N2O2. The Bertz CT molecular complexity index is 758. The first-order chi connectivity index (χ1) is 11.2. The fraction of sp³-hybridized carbons (Fsp3) is 0.0526. The molecule has 0 aliphatic rings. The average molecular weight is 304 g/mol. The number of rotatable bonds is 5. The Hall–Kier alpha value is -3.32. The number of amides is 2. The maximum atomic E-state index is 12.0. The summed E-state index contributed by atoms with van der Waals surface area (Å²) in [5, 5.41) is 5.28. The Labute approximate surface area is 135 Å². The highest BCUT2D eigenvalue weighted by molar-refractivity contribution is 6.07. The van der Waals surface area contributed by atoms with Crippen molar-refractivity contribution in [2.75, 3.05) is 11.9 Å². The second-order valence-corrected chi connectivity index (χ2v) is 4.67. The zero-order valence-corrected chi connectivity index (χ0v) is 12.5. The Kier molecular flexibility index (Phi) is 5.73. The smallest absolute Gasteiger partial charge is 0.254 e. The van der Waals surface area contributed by atoms with Crippen LogP contribution in [0.5, 0.6) is 0 Å². The van der Waals surface area contributed by atoms with E-state index in [2.05, 4.69) is 16.6 Å². The molecule has 2 aromatic rings. The van der Waals surface area contributed by atoms with E-state index in [-0.39, 0.29) is 18.4 Å². The largest absolute Gasteiger partial charge is 0.341 e. The third kappa shape index (κ3) is 4.87. The van der Waals surface area contributed by atoms with E-state index in [1.807, 2.05) is 30.3 Å². The van der Waals surface area contributed by atoms with Crippen molar-refractivity contribution in [3.05, 3.63) is 71.8 Å². The summed E-state index contributed by atoms with van der Waals surface area (Å²) in [6, 6.07) is 16.2. The van der Waals surface area contributed by atoms with E-state index in [4.69, 9.17) is 6.42 Å². The molecule has 0 bridgehead atoms. The lowest BCUT2D eigenvalue weighted by molar-refractivity contribution is -0.111. The first-order valence-corrected chi connectivity index (χ1v) is 7.05. The van der Waals surface area contributed by atoms with E-state index in [1.54, 1.807) is 30.3 Å². The zero-order chi connectivity index (χ0) is 16.5. The van der Waals surface area contributed by atoms with Gasteiger partial charge in [0.25, 0.3) is 5.91 Å². The molecule has 0 fully saturated rings. The van der Waals surface area contributed by atoms with Crippen LogP contribution in [0.25, 0.3) is 6.08 Å². The van der Waals surface area contributed by atoms with Crippen LogP contribution in [0.2, 0.25) is 0 Å². The number of nitrogens with one attached hydrogen (secondary N) is 2. The van der Waals surface area contributed by atoms with E-state index >= 15 is 0 Å². The van der Waals surface area contributed by atoms with Crippen LogP contribution in [0.4, 0.5) is 5.69 Å². The van der Waals surface area contributed by atoms with Gasteiger partial charge in [-0.3, -0.25) is 9.59 Å². The minimum Gasteiger partial charge on any atom is -0.341 e. The highest BCUT2D eigenvalue weighted by Crippen LogP contribution is 2.15. The van der Waals surface area contributed by atoms with Crippen molar-refractivity contribution < 1.29 is 9.59 Å². The molecule has 2 amide bonds. The lowest BCUT2D eigenvalue weighted by Gasteiger charge is -2.09. The SMILES string of the molecule is C#CCNC(=O)c1ccccc1NC(=O)/C=C/c1ccccc1. The summed E-state index contributed by atoms with van der Waals surface area (Å²) in [6.45, 7) is 0.134. The van der Waals surface area contributed by atoms with Crippen LogP contribution in [0, 0.1) is 12.3 Å². The molecule has 0 aliphatic carbocycles. The summed E-state index contributed by atoms with van der Waals surface area (Å²) < 4.78 is 0. The Morgan fingerprint density at radius 2 is 1.74 bits per heavy atom. The fourth-order valence-corrected chi connectivity index (χ4v) is 1.93. The minimum atomic E-state index is -0.328. The predicted molar refractivity (Wildman–Crippen MR) is 91.7 cm³/mol. The number of benzene rings is 2. The number of carbonyl (C=O) groups excluding carboxylic acids is 2. The Morgan fingerprint density at radius 1 is 1.04 bits per heavy atom. The molecule has 0 aromatic heterocycles. The molecule has 0 heterocycles. The van der Waals surface area contributed by atoms with Crippen molar-refractivity contribution in [2.24, 2.45) is 0 Å². The Balaban J connectivity index is 2.08. The lowest BCUT2D eigenvalue weighted by atomic mass is 10.1. The molecular weight excluding hydrogens is 288 g/mol. The summed E-state index contributed by atoms with van der Waals surface area (Å²) in [5.74, 6) is 1.69. The second kappa shape index (κ2) is 8.20. The predicted octanol–water partition coefficient (Wildman–Crippen LogP) is 2.70. The monoisotopic (exact) mass is 304 g/mol. The summed E-state index contributed by atoms with van der Waals surface area (Å²) in [7, 11) is 0. The van der Waals surface area contributed by atoms with E-state index in [1.165, 1.54) is 6.08 Å². The van der Waals surface area contributed by atoms with Crippen molar-refractivity contribution in [1.29, 1.82) is 0 Å². The van der Waals surface area contributed by atoms with Gasteiger partial charge in [0.2, 0.25) is 5.91 Å². The van der Waals surface area contributed by atoms with Gasteiger partial charge in [-0.15, -0.1) is 6.42 Å². The van der Waals surface area contributed by atoms with Crippen molar-refractivity contribution in [1.82, 2.24) is 5.32 Å². The first-order valence-electron chi connectivity index (χ1n) is 7.05. The maximum absolute atomic E-state index is 12.0. The quantitative estimate of drug-likeness (QED) is 0.659. The molecule has 2 N–H and O–H groups in total. The van der Waals surface area contributed by atoms with Gasteiger partial charge < -0.3 is 10.6 Å². The van der Waals surface area contributed by atoms with E-state index < -0.39 is 0 Å². The first kappa shape index (κ1) is 16.1. The molecule has 0 unspecified atom stereocenters. The van der Waals surface area contributed by atoms with E-state index in [9.17, 15) is 9.59 Å². The van der Waals surface area contributed by atoms with Crippen LogP contribution in [0.15, 0.2) is 60.7 Å². The highest BCUT2D eigenvalue weighted by Gasteiger charge is 2.11. The fourth-order valence-electron chi connectivity index (χ4n) is 1.93. The standard InChI is InChI=1S/C19H16N2O2/c1-2-14-20-19(23)16-10-6-7-11-17(16)21-18(22)13-12-15-8-4-3-5-9-15/h1,3-13H,14H2,(H,20,23)(H,21,22)/b13-12+. The van der Waals surface area contributed by atoms with Gasteiger partial charge in [0.05, 0.1) is 17.8 Å². The van der Waals surface area contributed by atoms with Crippen LogP contribution in [-0.2, 0) is 4.79 Å². The molecule has 0 saturated heterocycles. The molecule has 2 aromatic carbocycles. The van der Waals surface area contributed by atoms with Crippen LogP contribution < -0.4 is 10.6 Å². The van der Waals surface area contributed by atoms with Gasteiger partial charge in [-0.2, -0.15) is 0 Å². The van der Waals surface area contributed by atoms with E-state index in [0.29, 0.717) is 11.3 Å². The normalized spacial score (nSPS) is 10.0. The van der Waals surface area contributed by atoms with Gasteiger partial charge in [-0.1, -0.05) is 48.4 Å². The second-order valence-electron chi connectivity index (χ2n) is 4.67. The van der Waals surface area contributed by atoms with Gasteiger partial charge in [-0.25, -0.2) is 0 Å². The van der Waals surface area contributed by atoms with Crippen LogP contribution in [-0.4, -0.2) is 18.4 Å². The topological polar surface area (TPSA) is 58.2 Å². The molecule has 4 heteroatoms. The van der Waals surface area contributed by atoms with Crippen molar-refractivity contribution in [3.8, 4) is 12.3 Å². The van der Waals surface area contributed by atoms with Crippen molar-refractivity contribution in [2.45, 2.75) is 0 Å². The van der Waals surface area contributed by atoms with Gasteiger partial charge in [0.15, 0.2) is 0 Å². The molecule has 0 atom stereocenters. The number of terminal acetylenes is 1. The van der Waals surface area contributed by atoms with Gasteiger partial charge in [0, 0.05) is 6.08 Å². The lowest BCUT2D eigenvalue weighted by Crippen LogP contribution is -2.25. The molecule has 0 aliphatic heterocycles. The summed E-state index contributed by atoms with van der Waals surface area (Å²) in [5.41, 5.74) is 1.72. The van der Waals surface area contributed by atoms with Gasteiger partial charge in [-0.05, 0) is 23.8 Å². The molecule has 2 rings (SSSR count). The molecule has 23 heavy (non-hydrogen) atoms. The number of hydrogen-bond acceptors (Lipinski definition) is 2. The van der Waals surface area contributed by atoms with Gasteiger partial charge in [0.1, 0.15) is 0 Å². The molecule has 4 nitrogen and oxygen atoms in total. The summed E-state index contributed by atoms with van der Waals surface area (Å²) >= 11 is 0. The van der Waals surface area contributed by atoms with Crippen molar-refractivity contribution >= 4 is 23.6 Å². The van der Waals surface area contributed by atoms with Gasteiger partial charge >= 0.3 is 0 Å². The summed E-state index contributed by atoms with van der Waals surface area (Å²) in [6.07, 6.45) is 8.25. The van der Waals surface area contributed by atoms with E-state index in [0.717, 1.165) is 5.56 Å². The highest BCUT2D eigenvalue weighted by atomic mass is 16.2. The van der Waals surface area contributed by atoms with Crippen molar-refractivity contribution in [3.63, 3.8) is 0 Å². The molecule has 0 radical (unpaired) electrons. The number of anilines is 1. The third-order valence-electron chi connectivity index (χ3n) is 3.01. The average Bonchev–Trinajstić information content (AvgIpc) is 2.59. The zero-order valence-electron chi connectivity index (χ0n) is 12.5. The number of carbonyl (C=O) groups is 2. The Morgan fingerprint density at radius 3 is 2.48 bits per heavy atom. The minimum absolute atomic E-state index is 0.134. The maximum Gasteiger partial charge on any atom is 0.254 e. The third-order valence-corrected chi connectivity index (χ3v) is 3.01. The number of hydrogen-bond donors (Lipinski definition) is 2. The molecule has 0 spiro atoms. The molecule has 114 valence electrons. The van der Waals surface area contributed by atoms with Crippen LogP contribution >= 0.6 is 0 Å². The summed E-state index contributed by atoms with van der Waals surface area (Å²) in [4.78, 5) is 24.0. The molecule has 0 saturated carbocycles. The van der Waals surface area contributed by atoms with Crippen LogP contribution in [0.3, 0.4) is 0 Å². The van der Waals surface area contributed by atoms with Crippen LogP contribution in [0.1, 0.15) is 15.9 Å². The number of para-hydroxylation sites is 1.